The molecule has 3 aromatic rings. The highest BCUT2D eigenvalue weighted by Crippen LogP contribution is 2.19. The van der Waals surface area contributed by atoms with Crippen LogP contribution >= 0.6 is 0 Å². The van der Waals surface area contributed by atoms with E-state index in [0.717, 1.165) is 28.8 Å². The van der Waals surface area contributed by atoms with Gasteiger partial charge in [0.05, 0.1) is 25.0 Å². The molecule has 6 heteroatoms. The minimum absolute atomic E-state index is 0.0758. The summed E-state index contributed by atoms with van der Waals surface area (Å²) >= 11 is 0. The predicted octanol–water partition coefficient (Wildman–Crippen LogP) is 3.58. The number of nitrogens with zero attached hydrogens (tertiary/aromatic N) is 4. The number of nitrogens with one attached hydrogen (secondary N) is 1. The van der Waals surface area contributed by atoms with Gasteiger partial charge in [0, 0.05) is 17.8 Å². The summed E-state index contributed by atoms with van der Waals surface area (Å²) in [5.41, 5.74) is 1.85. The Morgan fingerprint density at radius 1 is 1.08 bits per heavy atom. The van der Waals surface area contributed by atoms with E-state index in [1.54, 1.807) is 13.3 Å². The Bertz CT molecular complexity index is 834. The summed E-state index contributed by atoms with van der Waals surface area (Å²) in [7, 11) is 1.66. The van der Waals surface area contributed by atoms with E-state index in [2.05, 4.69) is 41.2 Å². The van der Waals surface area contributed by atoms with Crippen molar-refractivity contribution >= 4 is 5.82 Å². The molecule has 3 rings (SSSR count). The lowest BCUT2D eigenvalue weighted by Gasteiger charge is -2.16. The molecule has 0 atom stereocenters. The van der Waals surface area contributed by atoms with E-state index >= 15 is 0 Å². The van der Waals surface area contributed by atoms with E-state index in [1.807, 2.05) is 47.3 Å². The largest absolute Gasteiger partial charge is 0.497 e. The van der Waals surface area contributed by atoms with E-state index < -0.39 is 0 Å². The van der Waals surface area contributed by atoms with Crippen LogP contribution in [-0.4, -0.2) is 26.9 Å². The van der Waals surface area contributed by atoms with Crippen LogP contribution in [0.25, 0.3) is 5.69 Å². The molecule has 0 aliphatic heterocycles. The third kappa shape index (κ3) is 4.15. The SMILES string of the molecule is COc1ccc(-n2ccc(CNc3ccnc(C(C)(C)C)n3)n2)cc1. The zero-order valence-corrected chi connectivity index (χ0v) is 15.0. The summed E-state index contributed by atoms with van der Waals surface area (Å²) in [6.45, 7) is 6.90. The fraction of sp³-hybridized carbons (Fsp3) is 0.316. The average Bonchev–Trinajstić information content (AvgIpc) is 3.08. The Morgan fingerprint density at radius 2 is 1.84 bits per heavy atom. The van der Waals surface area contributed by atoms with Gasteiger partial charge in [-0.3, -0.25) is 0 Å². The maximum atomic E-state index is 5.18. The van der Waals surface area contributed by atoms with E-state index in [9.17, 15) is 0 Å². The molecular formula is C19H23N5O. The van der Waals surface area contributed by atoms with Crippen LogP contribution in [0.4, 0.5) is 5.82 Å². The smallest absolute Gasteiger partial charge is 0.135 e. The third-order valence-corrected chi connectivity index (χ3v) is 3.76. The number of anilines is 1. The molecule has 0 spiro atoms. The first-order valence-electron chi connectivity index (χ1n) is 8.22. The lowest BCUT2D eigenvalue weighted by Crippen LogP contribution is -2.16. The van der Waals surface area contributed by atoms with Gasteiger partial charge in [0.1, 0.15) is 17.4 Å². The molecule has 25 heavy (non-hydrogen) atoms. The van der Waals surface area contributed by atoms with E-state index in [0.29, 0.717) is 6.54 Å². The molecule has 6 nitrogen and oxygen atoms in total. The van der Waals surface area contributed by atoms with Crippen molar-refractivity contribution in [3.63, 3.8) is 0 Å². The summed E-state index contributed by atoms with van der Waals surface area (Å²) in [6.07, 6.45) is 3.73. The highest BCUT2D eigenvalue weighted by atomic mass is 16.5. The molecular weight excluding hydrogens is 314 g/mol. The topological polar surface area (TPSA) is 64.9 Å². The van der Waals surface area contributed by atoms with Crippen LogP contribution in [0.2, 0.25) is 0 Å². The van der Waals surface area contributed by atoms with Crippen LogP contribution in [-0.2, 0) is 12.0 Å². The van der Waals surface area contributed by atoms with Gasteiger partial charge in [-0.2, -0.15) is 5.10 Å². The molecule has 0 radical (unpaired) electrons. The highest BCUT2D eigenvalue weighted by molar-refractivity contribution is 5.38. The highest BCUT2D eigenvalue weighted by Gasteiger charge is 2.17. The molecule has 1 aromatic carbocycles. The molecule has 0 amide bonds. The zero-order valence-electron chi connectivity index (χ0n) is 15.0. The number of methoxy groups -OCH3 is 1. The fourth-order valence-corrected chi connectivity index (χ4v) is 2.33. The Hall–Kier alpha value is -2.89. The molecule has 0 aliphatic carbocycles. The minimum atomic E-state index is -0.0758. The van der Waals surface area contributed by atoms with E-state index in [4.69, 9.17) is 4.74 Å². The Kier molecular flexibility index (Phi) is 4.70. The molecule has 0 saturated carbocycles. The standard InChI is InChI=1S/C19H23N5O/c1-19(2,3)18-20-11-9-17(22-18)21-13-14-10-12-24(23-14)15-5-7-16(25-4)8-6-15/h5-12H,13H2,1-4H3,(H,20,21,22). The summed E-state index contributed by atoms with van der Waals surface area (Å²) < 4.78 is 7.02. The summed E-state index contributed by atoms with van der Waals surface area (Å²) in [4.78, 5) is 8.91. The zero-order chi connectivity index (χ0) is 17.9. The number of hydrogen-bond donors (Lipinski definition) is 1. The van der Waals surface area contributed by atoms with E-state index in [1.165, 1.54) is 0 Å². The second-order valence-corrected chi connectivity index (χ2v) is 6.82. The molecule has 130 valence electrons. The van der Waals surface area contributed by atoms with Crippen molar-refractivity contribution in [2.24, 2.45) is 0 Å². The predicted molar refractivity (Wildman–Crippen MR) is 98.2 cm³/mol. The summed E-state index contributed by atoms with van der Waals surface area (Å²) in [5.74, 6) is 2.45. The Labute approximate surface area is 147 Å². The van der Waals surface area contributed by atoms with Crippen molar-refractivity contribution in [1.29, 1.82) is 0 Å². The van der Waals surface area contributed by atoms with Gasteiger partial charge in [0.2, 0.25) is 0 Å². The lowest BCUT2D eigenvalue weighted by molar-refractivity contribution is 0.414. The molecule has 0 aliphatic rings. The maximum absolute atomic E-state index is 5.18. The maximum Gasteiger partial charge on any atom is 0.135 e. The third-order valence-electron chi connectivity index (χ3n) is 3.76. The summed E-state index contributed by atoms with van der Waals surface area (Å²) in [5, 5.41) is 7.90. The quantitative estimate of drug-likeness (QED) is 0.771. The van der Waals surface area contributed by atoms with Gasteiger partial charge in [0.15, 0.2) is 0 Å². The van der Waals surface area contributed by atoms with Gasteiger partial charge < -0.3 is 10.1 Å². The second-order valence-electron chi connectivity index (χ2n) is 6.82. The molecule has 0 saturated heterocycles. The first-order chi connectivity index (χ1) is 12.0. The fourth-order valence-electron chi connectivity index (χ4n) is 2.33. The van der Waals surface area contributed by atoms with Crippen molar-refractivity contribution in [2.45, 2.75) is 32.7 Å². The van der Waals surface area contributed by atoms with Gasteiger partial charge >= 0.3 is 0 Å². The van der Waals surface area contributed by atoms with Crippen LogP contribution in [0, 0.1) is 0 Å². The van der Waals surface area contributed by atoms with Gasteiger partial charge in [-0.25, -0.2) is 14.6 Å². The lowest BCUT2D eigenvalue weighted by atomic mass is 9.96. The molecule has 0 bridgehead atoms. The van der Waals surface area contributed by atoms with Crippen LogP contribution in [0.5, 0.6) is 5.75 Å². The van der Waals surface area contributed by atoms with Crippen molar-refractivity contribution in [3.8, 4) is 11.4 Å². The Balaban J connectivity index is 1.67. The van der Waals surface area contributed by atoms with E-state index in [-0.39, 0.29) is 5.41 Å². The van der Waals surface area contributed by atoms with Crippen molar-refractivity contribution < 1.29 is 4.74 Å². The van der Waals surface area contributed by atoms with Gasteiger partial charge in [-0.05, 0) is 36.4 Å². The van der Waals surface area contributed by atoms with Crippen LogP contribution in [0.15, 0.2) is 48.8 Å². The Morgan fingerprint density at radius 3 is 2.52 bits per heavy atom. The molecule has 1 N–H and O–H groups in total. The first kappa shape index (κ1) is 17.0. The van der Waals surface area contributed by atoms with Crippen LogP contribution in [0.3, 0.4) is 0 Å². The number of benzene rings is 1. The second kappa shape index (κ2) is 6.93. The number of rotatable bonds is 5. The first-order valence-corrected chi connectivity index (χ1v) is 8.22. The number of hydrogen-bond acceptors (Lipinski definition) is 5. The van der Waals surface area contributed by atoms with Crippen molar-refractivity contribution in [1.82, 2.24) is 19.7 Å². The number of aromatic nitrogens is 4. The van der Waals surface area contributed by atoms with Crippen LogP contribution in [0.1, 0.15) is 32.3 Å². The minimum Gasteiger partial charge on any atom is -0.497 e. The normalized spacial score (nSPS) is 11.4. The average molecular weight is 337 g/mol. The number of ether oxygens (including phenoxy) is 1. The van der Waals surface area contributed by atoms with Gasteiger partial charge in [0.25, 0.3) is 0 Å². The summed E-state index contributed by atoms with van der Waals surface area (Å²) in [6, 6.07) is 11.7. The van der Waals surface area contributed by atoms with Gasteiger partial charge in [-0.1, -0.05) is 20.8 Å². The molecule has 2 heterocycles. The molecule has 0 fully saturated rings. The molecule has 0 unspecified atom stereocenters. The van der Waals surface area contributed by atoms with Crippen molar-refractivity contribution in [3.05, 3.63) is 60.3 Å². The van der Waals surface area contributed by atoms with Crippen LogP contribution < -0.4 is 10.1 Å². The van der Waals surface area contributed by atoms with Crippen molar-refractivity contribution in [2.75, 3.05) is 12.4 Å². The van der Waals surface area contributed by atoms with Gasteiger partial charge in [-0.15, -0.1) is 0 Å². The molecule has 2 aromatic heterocycles. The monoisotopic (exact) mass is 337 g/mol.